The first-order valence-corrected chi connectivity index (χ1v) is 6.97. The minimum absolute atomic E-state index is 0.133. The lowest BCUT2D eigenvalue weighted by molar-refractivity contribution is 0.161. The molecular formula is C17H32N2. The Kier molecular flexibility index (Phi) is 5.92. The predicted octanol–water partition coefficient (Wildman–Crippen LogP) is 4.56. The molecule has 0 heterocycles. The van der Waals surface area contributed by atoms with Gasteiger partial charge in [-0.1, -0.05) is 60.3 Å². The van der Waals surface area contributed by atoms with E-state index >= 15 is 0 Å². The third kappa shape index (κ3) is 6.00. The smallest absolute Gasteiger partial charge is 0.0930 e. The Morgan fingerprint density at radius 2 is 1.68 bits per heavy atom. The second-order valence-corrected chi connectivity index (χ2v) is 7.21. The molecule has 0 unspecified atom stereocenters. The summed E-state index contributed by atoms with van der Waals surface area (Å²) in [5, 5.41) is 2.94. The van der Waals surface area contributed by atoms with E-state index < -0.39 is 0 Å². The Morgan fingerprint density at radius 3 is 2.05 bits per heavy atom. The van der Waals surface area contributed by atoms with Crippen LogP contribution in [0, 0.1) is 16.7 Å². The summed E-state index contributed by atoms with van der Waals surface area (Å²) in [4.78, 5) is 0. The Balaban J connectivity index is 4.95. The SMILES string of the molecule is C=C(N)NC(=C)/C=C(\C)C(C)(C)CC(C)(C)C(C)C. The lowest BCUT2D eigenvalue weighted by atomic mass is 9.67. The molecule has 0 fully saturated rings. The molecule has 2 heteroatoms. The van der Waals surface area contributed by atoms with Crippen LogP contribution in [0.25, 0.3) is 0 Å². The van der Waals surface area contributed by atoms with Crippen LogP contribution < -0.4 is 11.1 Å². The first kappa shape index (κ1) is 17.8. The van der Waals surface area contributed by atoms with Gasteiger partial charge in [-0.05, 0) is 36.2 Å². The van der Waals surface area contributed by atoms with Crippen molar-refractivity contribution in [3.05, 3.63) is 36.3 Å². The van der Waals surface area contributed by atoms with E-state index in [1.54, 1.807) is 0 Å². The van der Waals surface area contributed by atoms with Crippen LogP contribution in [0.15, 0.2) is 36.3 Å². The summed E-state index contributed by atoms with van der Waals surface area (Å²) < 4.78 is 0. The average molecular weight is 264 g/mol. The maximum Gasteiger partial charge on any atom is 0.0930 e. The van der Waals surface area contributed by atoms with Crippen LogP contribution >= 0.6 is 0 Å². The highest BCUT2D eigenvalue weighted by molar-refractivity contribution is 5.24. The summed E-state index contributed by atoms with van der Waals surface area (Å²) in [6.07, 6.45) is 3.20. The van der Waals surface area contributed by atoms with Crippen LogP contribution in [0.4, 0.5) is 0 Å². The molecule has 0 aromatic heterocycles. The lowest BCUT2D eigenvalue weighted by Gasteiger charge is -2.38. The molecule has 0 aliphatic rings. The number of rotatable bonds is 7. The van der Waals surface area contributed by atoms with E-state index in [4.69, 9.17) is 5.73 Å². The third-order valence-electron chi connectivity index (χ3n) is 4.24. The molecule has 0 aromatic carbocycles. The van der Waals surface area contributed by atoms with E-state index in [-0.39, 0.29) is 5.41 Å². The van der Waals surface area contributed by atoms with Crippen molar-refractivity contribution in [1.82, 2.24) is 5.32 Å². The first-order valence-electron chi connectivity index (χ1n) is 6.97. The number of hydrogen-bond acceptors (Lipinski definition) is 2. The van der Waals surface area contributed by atoms with Crippen LogP contribution in [-0.2, 0) is 0 Å². The molecular weight excluding hydrogens is 232 g/mol. The molecule has 2 nitrogen and oxygen atoms in total. The van der Waals surface area contributed by atoms with Crippen molar-refractivity contribution in [2.24, 2.45) is 22.5 Å². The number of nitrogens with one attached hydrogen (secondary N) is 1. The second kappa shape index (κ2) is 6.31. The molecule has 0 saturated heterocycles. The van der Waals surface area contributed by atoms with Crippen molar-refractivity contribution >= 4 is 0 Å². The highest BCUT2D eigenvalue weighted by Crippen LogP contribution is 2.42. The van der Waals surface area contributed by atoms with E-state index in [0.29, 0.717) is 17.2 Å². The van der Waals surface area contributed by atoms with Crippen molar-refractivity contribution in [3.8, 4) is 0 Å². The van der Waals surface area contributed by atoms with Gasteiger partial charge in [-0.15, -0.1) is 0 Å². The summed E-state index contributed by atoms with van der Waals surface area (Å²) >= 11 is 0. The molecule has 0 atom stereocenters. The van der Waals surface area contributed by atoms with Crippen molar-refractivity contribution in [2.75, 3.05) is 0 Å². The predicted molar refractivity (Wildman–Crippen MR) is 86.4 cm³/mol. The Hall–Kier alpha value is -1.18. The average Bonchev–Trinajstić information content (AvgIpc) is 2.13. The molecule has 0 rings (SSSR count). The van der Waals surface area contributed by atoms with E-state index in [2.05, 4.69) is 73.0 Å². The fourth-order valence-electron chi connectivity index (χ4n) is 2.18. The fraction of sp³-hybridized carbons (Fsp3) is 0.647. The van der Waals surface area contributed by atoms with Crippen molar-refractivity contribution < 1.29 is 0 Å². The first-order chi connectivity index (χ1) is 8.38. The quantitative estimate of drug-likeness (QED) is 0.661. The molecule has 0 aliphatic heterocycles. The van der Waals surface area contributed by atoms with Crippen LogP contribution in [0.5, 0.6) is 0 Å². The molecule has 0 spiro atoms. The molecule has 3 N–H and O–H groups in total. The van der Waals surface area contributed by atoms with Gasteiger partial charge < -0.3 is 11.1 Å². The van der Waals surface area contributed by atoms with Crippen LogP contribution in [-0.4, -0.2) is 0 Å². The fourth-order valence-corrected chi connectivity index (χ4v) is 2.18. The normalized spacial score (nSPS) is 13.6. The summed E-state index contributed by atoms with van der Waals surface area (Å²) in [6.45, 7) is 23.5. The number of allylic oxidation sites excluding steroid dienone is 2. The highest BCUT2D eigenvalue weighted by atomic mass is 15.0. The molecule has 0 saturated carbocycles. The Morgan fingerprint density at radius 1 is 1.21 bits per heavy atom. The van der Waals surface area contributed by atoms with Crippen molar-refractivity contribution in [2.45, 2.75) is 54.9 Å². The van der Waals surface area contributed by atoms with Crippen LogP contribution in [0.2, 0.25) is 0 Å². The summed E-state index contributed by atoms with van der Waals surface area (Å²) in [7, 11) is 0. The standard InChI is InChI=1S/C17H32N2/c1-12(2)16(6,7)11-17(8,9)13(3)10-14(4)19-15(5)18/h10,12,19H,4-5,11,18H2,1-3,6-9H3/b13-10+. The Labute approximate surface area is 119 Å². The third-order valence-corrected chi connectivity index (χ3v) is 4.24. The minimum Gasteiger partial charge on any atom is -0.386 e. The second-order valence-electron chi connectivity index (χ2n) is 7.21. The molecule has 0 amide bonds. The van der Waals surface area contributed by atoms with Gasteiger partial charge in [-0.3, -0.25) is 0 Å². The molecule has 0 bridgehead atoms. The minimum atomic E-state index is 0.133. The number of nitrogens with two attached hydrogens (primary N) is 1. The van der Waals surface area contributed by atoms with Gasteiger partial charge in [0.05, 0.1) is 5.82 Å². The molecule has 19 heavy (non-hydrogen) atoms. The van der Waals surface area contributed by atoms with Crippen molar-refractivity contribution in [3.63, 3.8) is 0 Å². The zero-order chi connectivity index (χ0) is 15.4. The van der Waals surface area contributed by atoms with E-state index in [9.17, 15) is 0 Å². The van der Waals surface area contributed by atoms with Crippen LogP contribution in [0.1, 0.15) is 54.9 Å². The van der Waals surface area contributed by atoms with Gasteiger partial charge in [-0.25, -0.2) is 0 Å². The van der Waals surface area contributed by atoms with Gasteiger partial charge in [0.15, 0.2) is 0 Å². The van der Waals surface area contributed by atoms with E-state index in [1.807, 2.05) is 0 Å². The molecule has 0 aliphatic carbocycles. The van der Waals surface area contributed by atoms with Gasteiger partial charge in [0.25, 0.3) is 0 Å². The van der Waals surface area contributed by atoms with Crippen molar-refractivity contribution in [1.29, 1.82) is 0 Å². The van der Waals surface area contributed by atoms with Gasteiger partial charge in [0, 0.05) is 5.70 Å². The molecule has 0 aromatic rings. The zero-order valence-corrected chi connectivity index (χ0v) is 13.9. The van der Waals surface area contributed by atoms with Gasteiger partial charge in [0.1, 0.15) is 0 Å². The molecule has 0 radical (unpaired) electrons. The summed E-state index contributed by atoms with van der Waals surface area (Å²) in [5.41, 5.74) is 8.07. The van der Waals surface area contributed by atoms with E-state index in [1.165, 1.54) is 5.57 Å². The largest absolute Gasteiger partial charge is 0.386 e. The summed E-state index contributed by atoms with van der Waals surface area (Å²) in [6, 6.07) is 0. The summed E-state index contributed by atoms with van der Waals surface area (Å²) in [5.74, 6) is 1.08. The van der Waals surface area contributed by atoms with Gasteiger partial charge in [-0.2, -0.15) is 0 Å². The van der Waals surface area contributed by atoms with Gasteiger partial charge >= 0.3 is 0 Å². The highest BCUT2D eigenvalue weighted by Gasteiger charge is 2.32. The topological polar surface area (TPSA) is 38.0 Å². The maximum atomic E-state index is 5.52. The zero-order valence-electron chi connectivity index (χ0n) is 13.9. The van der Waals surface area contributed by atoms with Crippen LogP contribution in [0.3, 0.4) is 0 Å². The van der Waals surface area contributed by atoms with E-state index in [0.717, 1.165) is 12.1 Å². The lowest BCUT2D eigenvalue weighted by Crippen LogP contribution is -2.28. The Bertz CT molecular complexity index is 371. The van der Waals surface area contributed by atoms with Gasteiger partial charge in [0.2, 0.25) is 0 Å². The maximum absolute atomic E-state index is 5.52. The number of hydrogen-bond donors (Lipinski definition) is 2. The monoisotopic (exact) mass is 264 g/mol. The molecule has 110 valence electrons.